The zero-order valence-electron chi connectivity index (χ0n) is 36.7. The third-order valence-electron chi connectivity index (χ3n) is 11.2. The van der Waals surface area contributed by atoms with E-state index in [0.29, 0.717) is 11.5 Å². The Labute approximate surface area is 356 Å². The Balaban J connectivity index is 1.73. The van der Waals surface area contributed by atoms with Gasteiger partial charge in [0.05, 0.1) is 39.9 Å². The van der Waals surface area contributed by atoms with Gasteiger partial charge >= 0.3 is 5.69 Å². The van der Waals surface area contributed by atoms with Crippen LogP contribution < -0.4 is 20.7 Å². The number of benzene rings is 3. The number of nitriles is 1. The van der Waals surface area contributed by atoms with Crippen LogP contribution in [0.3, 0.4) is 0 Å². The summed E-state index contributed by atoms with van der Waals surface area (Å²) < 4.78 is 50.0. The monoisotopic (exact) mass is 861 g/mol. The van der Waals surface area contributed by atoms with Gasteiger partial charge in [0.25, 0.3) is 14.1 Å². The molecule has 1 aliphatic heterocycles. The molecule has 1 aliphatic rings. The lowest BCUT2D eigenvalue weighted by Crippen LogP contribution is -2.50. The van der Waals surface area contributed by atoms with Crippen LogP contribution >= 0.6 is 8.53 Å². The van der Waals surface area contributed by atoms with Crippen molar-refractivity contribution in [3.05, 3.63) is 129 Å². The van der Waals surface area contributed by atoms with E-state index in [1.165, 1.54) is 16.8 Å². The summed E-state index contributed by atoms with van der Waals surface area (Å²) in [5.41, 5.74) is 0.119. The summed E-state index contributed by atoms with van der Waals surface area (Å²) in [5.74, 6) is 1.37. The SMILES string of the molecule is COc1ccc(C(OC[C@H]2O[C@@H](n3ccc(=O)[15nH]c3=O)[C@@H](O[Si](C)(C)C(C)(C)C)C2OP(OCCC#N)N(C(C)C)C(C)C)(c2ccccc2)c2ccc(OC)cc2)cc1. The number of hydrogen-bond donors (Lipinski definition) is 1. The quantitative estimate of drug-likeness (QED) is 0.0419. The molecule has 4 aromatic rings. The van der Waals surface area contributed by atoms with E-state index in [1.807, 2.05) is 78.9 Å². The Hall–Kier alpha value is -4.16. The minimum atomic E-state index is -2.64. The fourth-order valence-electron chi connectivity index (χ4n) is 7.14. The fourth-order valence-corrected chi connectivity index (χ4v) is 10.2. The molecule has 0 aliphatic carbocycles. The highest BCUT2D eigenvalue weighted by Crippen LogP contribution is 2.52. The first kappa shape index (κ1) is 46.9. The van der Waals surface area contributed by atoms with Gasteiger partial charge in [-0.1, -0.05) is 75.4 Å². The van der Waals surface area contributed by atoms with Crippen LogP contribution in [-0.4, -0.2) is 80.4 Å². The number of aromatic amines is 1. The fraction of sp³-hybridized carbons (Fsp3) is 0.489. The molecule has 0 spiro atoms. The first-order valence-corrected chi connectivity index (χ1v) is 24.4. The highest BCUT2D eigenvalue weighted by Gasteiger charge is 2.54. The number of aromatic nitrogens is 2. The predicted molar refractivity (Wildman–Crippen MR) is 236 cm³/mol. The average Bonchev–Trinajstić information content (AvgIpc) is 3.53. The Morgan fingerprint density at radius 3 is 1.88 bits per heavy atom. The van der Waals surface area contributed by atoms with Crippen molar-refractivity contribution in [3.8, 4) is 17.6 Å². The van der Waals surface area contributed by atoms with Crippen molar-refractivity contribution in [2.45, 2.75) is 115 Å². The van der Waals surface area contributed by atoms with Gasteiger partial charge in [-0.3, -0.25) is 14.3 Å². The Kier molecular flexibility index (Phi) is 15.7. The number of ether oxygens (including phenoxy) is 4. The van der Waals surface area contributed by atoms with Gasteiger partial charge in [-0.15, -0.1) is 0 Å². The first-order chi connectivity index (χ1) is 28.5. The second kappa shape index (κ2) is 20.1. The molecule has 1 N–H and O–H groups in total. The number of rotatable bonds is 19. The molecule has 60 heavy (non-hydrogen) atoms. The molecule has 1 fully saturated rings. The molecule has 1 saturated heterocycles. The summed E-state index contributed by atoms with van der Waals surface area (Å²) in [7, 11) is -1.20. The van der Waals surface area contributed by atoms with Crippen molar-refractivity contribution < 1.29 is 32.4 Å². The van der Waals surface area contributed by atoms with E-state index in [2.05, 4.69) is 77.3 Å². The number of hydrogen-bond acceptors (Lipinski definition) is 11. The van der Waals surface area contributed by atoms with Gasteiger partial charge in [0.2, 0.25) is 0 Å². The maximum absolute atomic E-state index is 13.6. The number of methoxy groups -OCH3 is 2. The third kappa shape index (κ3) is 10.5. The second-order valence-corrected chi connectivity index (χ2v) is 23.0. The summed E-state index contributed by atoms with van der Waals surface area (Å²) in [6.07, 6.45) is -2.01. The van der Waals surface area contributed by atoms with Crippen LogP contribution in [0.15, 0.2) is 101 Å². The Bertz CT molecular complexity index is 2080. The molecule has 5 rings (SSSR count). The number of nitrogens with one attached hydrogen (secondary N) is 1. The molecule has 5 atom stereocenters. The van der Waals surface area contributed by atoms with E-state index in [9.17, 15) is 14.9 Å². The van der Waals surface area contributed by atoms with E-state index in [1.54, 1.807) is 14.2 Å². The molecular formula is C45H61N4O9PSi. The molecule has 324 valence electrons. The minimum Gasteiger partial charge on any atom is -0.497 e. The smallest absolute Gasteiger partial charge is 0.330 e. The largest absolute Gasteiger partial charge is 0.497 e. The average molecular weight is 862 g/mol. The molecule has 0 amide bonds. The molecule has 2 heterocycles. The van der Waals surface area contributed by atoms with Crippen LogP contribution in [0, 0.1) is 11.3 Å². The zero-order chi connectivity index (χ0) is 43.8. The van der Waals surface area contributed by atoms with Crippen molar-refractivity contribution >= 4 is 16.8 Å². The van der Waals surface area contributed by atoms with Crippen molar-refractivity contribution in [1.29, 1.82) is 5.26 Å². The van der Waals surface area contributed by atoms with E-state index >= 15 is 0 Å². The van der Waals surface area contributed by atoms with Gasteiger partial charge in [0, 0.05) is 24.3 Å². The molecule has 0 saturated carbocycles. The maximum atomic E-state index is 13.6. The van der Waals surface area contributed by atoms with Crippen molar-refractivity contribution in [2.24, 2.45) is 0 Å². The molecule has 2 unspecified atom stereocenters. The van der Waals surface area contributed by atoms with Crippen LogP contribution in [0.2, 0.25) is 18.1 Å². The summed E-state index contributed by atoms with van der Waals surface area (Å²) in [6, 6.07) is 29.0. The molecule has 0 radical (unpaired) electrons. The normalized spacial score (nSPS) is 19.1. The van der Waals surface area contributed by atoms with Gasteiger partial charge in [-0.05, 0) is 86.8 Å². The predicted octanol–water partition coefficient (Wildman–Crippen LogP) is 8.51. The van der Waals surface area contributed by atoms with Crippen molar-refractivity contribution in [2.75, 3.05) is 27.4 Å². The molecular weight excluding hydrogens is 801 g/mol. The van der Waals surface area contributed by atoms with Crippen LogP contribution in [0.4, 0.5) is 0 Å². The number of nitrogens with zero attached hydrogens (tertiary/aromatic N) is 3. The lowest BCUT2D eigenvalue weighted by Gasteiger charge is -2.42. The summed E-state index contributed by atoms with van der Waals surface area (Å²) >= 11 is 0. The van der Waals surface area contributed by atoms with Crippen LogP contribution in [-0.2, 0) is 28.5 Å². The van der Waals surface area contributed by atoms with Gasteiger partial charge in [0.15, 0.2) is 14.5 Å². The zero-order valence-corrected chi connectivity index (χ0v) is 38.6. The van der Waals surface area contributed by atoms with Crippen molar-refractivity contribution in [1.82, 2.24) is 14.2 Å². The Morgan fingerprint density at radius 2 is 1.40 bits per heavy atom. The summed E-state index contributed by atoms with van der Waals surface area (Å²) in [5, 5.41) is 9.26. The van der Waals surface area contributed by atoms with E-state index in [0.717, 1.165) is 16.7 Å². The van der Waals surface area contributed by atoms with E-state index in [4.69, 9.17) is 32.4 Å². The summed E-state index contributed by atoms with van der Waals surface area (Å²) in [4.78, 5) is 28.4. The van der Waals surface area contributed by atoms with Crippen LogP contribution in [0.25, 0.3) is 0 Å². The second-order valence-electron chi connectivity index (χ2n) is 16.9. The van der Waals surface area contributed by atoms with E-state index < -0.39 is 58.2 Å². The van der Waals surface area contributed by atoms with Gasteiger partial charge in [0.1, 0.15) is 35.4 Å². The molecule has 1 aromatic heterocycles. The third-order valence-corrected chi connectivity index (χ3v) is 17.8. The highest BCUT2D eigenvalue weighted by molar-refractivity contribution is 7.44. The highest BCUT2D eigenvalue weighted by atomic mass is 31.2. The van der Waals surface area contributed by atoms with Gasteiger partial charge in [-0.2, -0.15) is 5.26 Å². The molecule has 15 heteroatoms. The Morgan fingerprint density at radius 1 is 0.850 bits per heavy atom. The number of H-pyrrole nitrogens is 1. The van der Waals surface area contributed by atoms with Crippen LogP contribution in [0.5, 0.6) is 11.5 Å². The van der Waals surface area contributed by atoms with E-state index in [-0.39, 0.29) is 36.8 Å². The van der Waals surface area contributed by atoms with Gasteiger partial charge < -0.3 is 32.4 Å². The molecule has 3 aromatic carbocycles. The standard InChI is InChI=1S/C45H61N4O9PSi/c1-31(2)49(32(3)4)59(55-29-15-27-46)57-40-38(56-42(48-28-26-39(50)47-43(48)51)41(40)58-60(10,11)44(5,6)7)30-54-45(33-16-13-12-14-17-33,34-18-22-36(52-8)23-19-34)35-20-24-37(53-9)25-21-35/h12-14,16-26,28,31-32,38,40-42H,15,29-30H2,1-11H3,(H,47,50,51)/t38-,40?,41+,42-,59?/m1/s1/i47+1. The van der Waals surface area contributed by atoms with Gasteiger partial charge in [-0.25, -0.2) is 9.46 Å². The molecule has 13 nitrogen and oxygen atoms in total. The lowest BCUT2D eigenvalue weighted by atomic mass is 9.80. The summed E-state index contributed by atoms with van der Waals surface area (Å²) in [6.45, 7) is 19.1. The molecule has 0 bridgehead atoms. The maximum Gasteiger partial charge on any atom is 0.330 e. The topological polar surface area (TPSA) is 147 Å². The lowest BCUT2D eigenvalue weighted by molar-refractivity contribution is -0.0943. The first-order valence-electron chi connectivity index (χ1n) is 20.4. The van der Waals surface area contributed by atoms with Crippen LogP contribution in [0.1, 0.15) is 77.8 Å². The minimum absolute atomic E-state index is 0.00321. The van der Waals surface area contributed by atoms with Crippen molar-refractivity contribution in [3.63, 3.8) is 0 Å².